The zero-order chi connectivity index (χ0) is 24.6. The molecule has 0 spiro atoms. The van der Waals surface area contributed by atoms with Crippen molar-refractivity contribution in [1.82, 2.24) is 13.9 Å². The van der Waals surface area contributed by atoms with Crippen molar-refractivity contribution in [3.63, 3.8) is 0 Å². The Morgan fingerprint density at radius 1 is 1.03 bits per heavy atom. The highest BCUT2D eigenvalue weighted by Crippen LogP contribution is 2.34. The Bertz CT molecular complexity index is 1320. The first-order valence-corrected chi connectivity index (χ1v) is 14.2. The molecule has 1 saturated heterocycles. The zero-order valence-electron chi connectivity index (χ0n) is 20.5. The van der Waals surface area contributed by atoms with Gasteiger partial charge in [-0.1, -0.05) is 31.9 Å². The second-order valence-corrected chi connectivity index (χ2v) is 11.8. The van der Waals surface area contributed by atoms with Crippen molar-refractivity contribution in [2.75, 3.05) is 18.4 Å². The maximum atomic E-state index is 13.4. The quantitative estimate of drug-likeness (QED) is 0.519. The molecule has 7 nitrogen and oxygen atoms in total. The summed E-state index contributed by atoms with van der Waals surface area (Å²) in [5, 5.41) is 2.98. The Labute approximate surface area is 207 Å². The van der Waals surface area contributed by atoms with E-state index in [-0.39, 0.29) is 16.7 Å². The van der Waals surface area contributed by atoms with Gasteiger partial charge in [0.05, 0.1) is 15.9 Å². The van der Waals surface area contributed by atoms with Crippen molar-refractivity contribution in [1.29, 1.82) is 0 Å². The fraction of sp³-hybridized carbons (Fsp3) is 0.481. The monoisotopic (exact) mass is 494 g/mol. The van der Waals surface area contributed by atoms with Crippen molar-refractivity contribution in [2.24, 2.45) is 5.92 Å². The Morgan fingerprint density at radius 2 is 1.71 bits per heavy atom. The van der Waals surface area contributed by atoms with Gasteiger partial charge < -0.3 is 9.88 Å². The molecule has 0 bridgehead atoms. The number of rotatable bonds is 6. The summed E-state index contributed by atoms with van der Waals surface area (Å²) in [5.41, 5.74) is 3.75. The molecule has 8 heteroatoms. The van der Waals surface area contributed by atoms with E-state index in [1.807, 2.05) is 37.3 Å². The van der Waals surface area contributed by atoms with Crippen LogP contribution in [0.3, 0.4) is 0 Å². The van der Waals surface area contributed by atoms with E-state index in [1.54, 1.807) is 12.1 Å². The van der Waals surface area contributed by atoms with Gasteiger partial charge in [-0.2, -0.15) is 4.31 Å². The van der Waals surface area contributed by atoms with Gasteiger partial charge in [-0.05, 0) is 74.9 Å². The number of aromatic nitrogens is 2. The van der Waals surface area contributed by atoms with Crippen LogP contribution in [0.2, 0.25) is 0 Å². The van der Waals surface area contributed by atoms with Gasteiger partial charge in [0.2, 0.25) is 15.9 Å². The van der Waals surface area contributed by atoms with Crippen LogP contribution in [0, 0.1) is 12.8 Å². The van der Waals surface area contributed by atoms with Crippen LogP contribution in [0.1, 0.15) is 62.9 Å². The number of benzene rings is 2. The fourth-order valence-electron chi connectivity index (χ4n) is 5.56. The molecule has 1 aromatic heterocycles. The largest absolute Gasteiger partial charge is 0.326 e. The molecular weight excluding hydrogens is 460 g/mol. The Kier molecular flexibility index (Phi) is 6.68. The Morgan fingerprint density at radius 3 is 2.37 bits per heavy atom. The first kappa shape index (κ1) is 24.0. The van der Waals surface area contributed by atoms with Crippen molar-refractivity contribution in [3.8, 4) is 0 Å². The highest BCUT2D eigenvalue weighted by molar-refractivity contribution is 7.89. The normalized spacial score (nSPS) is 18.3. The molecule has 1 aliphatic carbocycles. The molecule has 2 aliphatic rings. The van der Waals surface area contributed by atoms with Gasteiger partial charge in [-0.25, -0.2) is 13.4 Å². The third-order valence-corrected chi connectivity index (χ3v) is 9.51. The third kappa shape index (κ3) is 4.74. The number of carbonyl (C=O) groups is 1. The summed E-state index contributed by atoms with van der Waals surface area (Å²) in [7, 11) is -3.64. The predicted molar refractivity (Wildman–Crippen MR) is 138 cm³/mol. The summed E-state index contributed by atoms with van der Waals surface area (Å²) in [6, 6.07) is 13.6. The molecule has 2 aromatic carbocycles. The van der Waals surface area contributed by atoms with E-state index in [0.717, 1.165) is 41.8 Å². The van der Waals surface area contributed by atoms with Crippen LogP contribution in [-0.4, -0.2) is 41.3 Å². The third-order valence-electron chi connectivity index (χ3n) is 7.62. The molecule has 0 unspecified atom stereocenters. The molecule has 1 aliphatic heterocycles. The highest BCUT2D eigenvalue weighted by atomic mass is 32.2. The number of imidazole rings is 1. The van der Waals surface area contributed by atoms with Gasteiger partial charge in [0.1, 0.15) is 5.82 Å². The van der Waals surface area contributed by atoms with Gasteiger partial charge in [-0.15, -0.1) is 0 Å². The van der Waals surface area contributed by atoms with Crippen molar-refractivity contribution in [3.05, 3.63) is 53.9 Å². The number of hydrogen-bond donors (Lipinski definition) is 1. The first-order valence-electron chi connectivity index (χ1n) is 12.8. The lowest BCUT2D eigenvalue weighted by molar-refractivity contribution is -0.120. The number of anilines is 1. The van der Waals surface area contributed by atoms with E-state index in [2.05, 4.69) is 21.8 Å². The number of fused-ring (bicyclic) bond motifs is 1. The fourth-order valence-corrected chi connectivity index (χ4v) is 7.05. The van der Waals surface area contributed by atoms with E-state index in [9.17, 15) is 13.2 Å². The van der Waals surface area contributed by atoms with Crippen LogP contribution < -0.4 is 5.32 Å². The van der Waals surface area contributed by atoms with E-state index in [1.165, 1.54) is 22.7 Å². The van der Waals surface area contributed by atoms with E-state index >= 15 is 0 Å². The predicted octanol–water partition coefficient (Wildman–Crippen LogP) is 5.06. The molecule has 1 amide bonds. The Hall–Kier alpha value is -2.71. The average molecular weight is 495 g/mol. The maximum absolute atomic E-state index is 13.4. The number of carbonyl (C=O) groups excluding carboxylic acids is 1. The maximum Gasteiger partial charge on any atom is 0.243 e. The topological polar surface area (TPSA) is 84.3 Å². The number of sulfonamides is 1. The van der Waals surface area contributed by atoms with E-state index < -0.39 is 10.0 Å². The first-order chi connectivity index (χ1) is 16.9. The second-order valence-electron chi connectivity index (χ2n) is 9.84. The molecule has 1 N–H and O–H groups in total. The number of amides is 1. The molecular formula is C27H34N4O3S. The van der Waals surface area contributed by atoms with Crippen LogP contribution in [0.15, 0.2) is 47.4 Å². The van der Waals surface area contributed by atoms with Crippen LogP contribution in [0.5, 0.6) is 0 Å². The van der Waals surface area contributed by atoms with Crippen molar-refractivity contribution < 1.29 is 13.2 Å². The average Bonchev–Trinajstić information content (AvgIpc) is 3.50. The lowest BCUT2D eigenvalue weighted by Gasteiger charge is -2.30. The Balaban J connectivity index is 1.26. The van der Waals surface area contributed by atoms with Crippen LogP contribution in [-0.2, 0) is 21.2 Å². The zero-order valence-corrected chi connectivity index (χ0v) is 21.4. The summed E-state index contributed by atoms with van der Waals surface area (Å²) in [6.07, 6.45) is 6.74. The smallest absolute Gasteiger partial charge is 0.243 e. The molecule has 0 atom stereocenters. The lowest BCUT2D eigenvalue weighted by atomic mass is 9.97. The summed E-state index contributed by atoms with van der Waals surface area (Å²) in [6.45, 7) is 4.77. The standard InChI is InChI=1S/C27H34N4O3S/c1-3-20-8-10-22(11-9-20)29-27(32)21-14-16-30(17-15-21)35(33,34)24-12-13-26-25(18-24)28-19(2)31(26)23-6-4-5-7-23/h8-13,18,21,23H,3-7,14-17H2,1-2H3,(H,29,32). The highest BCUT2D eigenvalue weighted by Gasteiger charge is 2.32. The summed E-state index contributed by atoms with van der Waals surface area (Å²) >= 11 is 0. The number of aryl methyl sites for hydroxylation is 2. The summed E-state index contributed by atoms with van der Waals surface area (Å²) < 4.78 is 30.6. The van der Waals surface area contributed by atoms with Crippen LogP contribution >= 0.6 is 0 Å². The lowest BCUT2D eigenvalue weighted by Crippen LogP contribution is -2.41. The number of hydrogen-bond acceptors (Lipinski definition) is 4. The van der Waals surface area contributed by atoms with Gasteiger partial charge >= 0.3 is 0 Å². The van der Waals surface area contributed by atoms with E-state index in [4.69, 9.17) is 0 Å². The minimum absolute atomic E-state index is 0.0411. The van der Waals surface area contributed by atoms with E-state index in [0.29, 0.717) is 32.0 Å². The minimum atomic E-state index is -3.64. The molecule has 1 saturated carbocycles. The number of nitrogens with zero attached hydrogens (tertiary/aromatic N) is 3. The molecule has 0 radical (unpaired) electrons. The molecule has 5 rings (SSSR count). The van der Waals surface area contributed by atoms with Crippen LogP contribution in [0.25, 0.3) is 11.0 Å². The SMILES string of the molecule is CCc1ccc(NC(=O)C2CCN(S(=O)(=O)c3ccc4c(c3)nc(C)n4C3CCCC3)CC2)cc1. The van der Waals surface area contributed by atoms with Crippen molar-refractivity contribution >= 4 is 32.7 Å². The van der Waals surface area contributed by atoms with Gasteiger partial charge in [0.15, 0.2) is 0 Å². The van der Waals surface area contributed by atoms with Gasteiger partial charge in [0, 0.05) is 30.7 Å². The summed E-state index contributed by atoms with van der Waals surface area (Å²) in [5.74, 6) is 0.706. The molecule has 35 heavy (non-hydrogen) atoms. The number of nitrogens with one attached hydrogen (secondary N) is 1. The van der Waals surface area contributed by atoms with Gasteiger partial charge in [-0.3, -0.25) is 4.79 Å². The van der Waals surface area contributed by atoms with Crippen LogP contribution in [0.4, 0.5) is 5.69 Å². The summed E-state index contributed by atoms with van der Waals surface area (Å²) in [4.78, 5) is 17.7. The second kappa shape index (κ2) is 9.74. The number of piperidine rings is 1. The van der Waals surface area contributed by atoms with Crippen molar-refractivity contribution in [2.45, 2.75) is 69.7 Å². The van der Waals surface area contributed by atoms with Gasteiger partial charge in [0.25, 0.3) is 0 Å². The molecule has 2 heterocycles. The molecule has 2 fully saturated rings. The minimum Gasteiger partial charge on any atom is -0.326 e. The molecule has 186 valence electrons. The molecule has 3 aromatic rings.